The number of carbonyl (C=O) groups excluding carboxylic acids is 2. The highest BCUT2D eigenvalue weighted by atomic mass is 32.2. The van der Waals surface area contributed by atoms with Crippen molar-refractivity contribution in [3.05, 3.63) is 57.9 Å². The largest absolute Gasteiger partial charge is 0.454 e. The molecule has 0 aliphatic carbocycles. The van der Waals surface area contributed by atoms with Gasteiger partial charge in [0.25, 0.3) is 11.5 Å². The van der Waals surface area contributed by atoms with Crippen molar-refractivity contribution in [2.45, 2.75) is 30.6 Å². The predicted molar refractivity (Wildman–Crippen MR) is 145 cm³/mol. The summed E-state index contributed by atoms with van der Waals surface area (Å²) in [6.07, 6.45) is 1.96. The van der Waals surface area contributed by atoms with Crippen LogP contribution < -0.4 is 25.7 Å². The van der Waals surface area contributed by atoms with Crippen LogP contribution in [0.3, 0.4) is 0 Å². The number of amides is 2. The van der Waals surface area contributed by atoms with E-state index in [0.29, 0.717) is 52.8 Å². The summed E-state index contributed by atoms with van der Waals surface area (Å²) in [6.45, 7) is 2.29. The number of methoxy groups -OCH3 is 1. The number of hydrogen-bond acceptors (Lipinski definition) is 9. The summed E-state index contributed by atoms with van der Waals surface area (Å²) in [4.78, 5) is 43.5. The van der Waals surface area contributed by atoms with E-state index in [1.807, 2.05) is 12.1 Å². The third kappa shape index (κ3) is 6.52. The second-order valence-electron chi connectivity index (χ2n) is 9.18. The van der Waals surface area contributed by atoms with Crippen molar-refractivity contribution in [2.75, 3.05) is 46.0 Å². The van der Waals surface area contributed by atoms with Crippen LogP contribution in [0.15, 0.2) is 46.3 Å². The van der Waals surface area contributed by atoms with Gasteiger partial charge in [-0.3, -0.25) is 19.0 Å². The van der Waals surface area contributed by atoms with Crippen LogP contribution in [-0.4, -0.2) is 73.4 Å². The van der Waals surface area contributed by atoms with Gasteiger partial charge in [0.05, 0.1) is 35.9 Å². The van der Waals surface area contributed by atoms with Crippen LogP contribution in [0.1, 0.15) is 28.8 Å². The maximum absolute atomic E-state index is 13.6. The molecule has 1 fully saturated rings. The number of benzene rings is 2. The number of carbonyl (C=O) groups is 2. The fraction of sp³-hybridized carbons (Fsp3) is 0.407. The Hall–Kier alpha value is -3.61. The molecule has 206 valence electrons. The number of ether oxygens (including phenoxy) is 4. The number of rotatable bonds is 11. The van der Waals surface area contributed by atoms with Gasteiger partial charge in [-0.05, 0) is 48.7 Å². The lowest BCUT2D eigenvalue weighted by Gasteiger charge is -2.15. The Morgan fingerprint density at radius 3 is 2.85 bits per heavy atom. The first-order chi connectivity index (χ1) is 19.0. The van der Waals surface area contributed by atoms with Gasteiger partial charge in [-0.2, -0.15) is 0 Å². The fourth-order valence-electron chi connectivity index (χ4n) is 4.40. The number of nitrogens with one attached hydrogen (secondary N) is 2. The normalized spacial score (nSPS) is 16.0. The van der Waals surface area contributed by atoms with Crippen molar-refractivity contribution in [3.8, 4) is 11.5 Å². The average molecular weight is 555 g/mol. The number of nitrogens with zero attached hydrogens (tertiary/aromatic N) is 2. The molecule has 1 unspecified atom stereocenters. The Kier molecular flexibility index (Phi) is 8.64. The highest BCUT2D eigenvalue weighted by molar-refractivity contribution is 7.99. The highest BCUT2D eigenvalue weighted by Gasteiger charge is 2.19. The summed E-state index contributed by atoms with van der Waals surface area (Å²) in [5.41, 5.74) is 1.31. The summed E-state index contributed by atoms with van der Waals surface area (Å²) in [5, 5.41) is 6.41. The van der Waals surface area contributed by atoms with Crippen LogP contribution in [0.5, 0.6) is 11.5 Å². The number of thioether (sulfide) groups is 1. The Balaban J connectivity index is 1.41. The maximum Gasteiger partial charge on any atom is 0.262 e. The lowest BCUT2D eigenvalue weighted by molar-refractivity contribution is -0.119. The third-order valence-electron chi connectivity index (χ3n) is 6.44. The van der Waals surface area contributed by atoms with Crippen LogP contribution in [0.4, 0.5) is 0 Å². The highest BCUT2D eigenvalue weighted by Crippen LogP contribution is 2.33. The van der Waals surface area contributed by atoms with E-state index in [0.717, 1.165) is 25.0 Å². The smallest absolute Gasteiger partial charge is 0.262 e. The van der Waals surface area contributed by atoms with Gasteiger partial charge in [0.1, 0.15) is 0 Å². The second-order valence-corrected chi connectivity index (χ2v) is 10.1. The molecule has 3 aromatic rings. The van der Waals surface area contributed by atoms with E-state index in [4.69, 9.17) is 23.9 Å². The van der Waals surface area contributed by atoms with Crippen molar-refractivity contribution in [3.63, 3.8) is 0 Å². The molecule has 1 saturated heterocycles. The topological polar surface area (TPSA) is 130 Å². The van der Waals surface area contributed by atoms with Crippen LogP contribution in [-0.2, 0) is 20.8 Å². The maximum atomic E-state index is 13.6. The van der Waals surface area contributed by atoms with Gasteiger partial charge in [0, 0.05) is 32.4 Å². The molecule has 0 saturated carbocycles. The number of hydrogen-bond donors (Lipinski definition) is 2. The molecule has 0 spiro atoms. The molecule has 5 rings (SSSR count). The van der Waals surface area contributed by atoms with E-state index < -0.39 is 0 Å². The van der Waals surface area contributed by atoms with E-state index in [1.54, 1.807) is 31.4 Å². The van der Waals surface area contributed by atoms with Gasteiger partial charge in [-0.25, -0.2) is 4.98 Å². The molecule has 39 heavy (non-hydrogen) atoms. The minimum absolute atomic E-state index is 0.0374. The molecule has 2 N–H and O–H groups in total. The quantitative estimate of drug-likeness (QED) is 0.207. The first kappa shape index (κ1) is 27.0. The van der Waals surface area contributed by atoms with Crippen molar-refractivity contribution < 1.29 is 28.5 Å². The Bertz CT molecular complexity index is 1420. The molecule has 0 radical (unpaired) electrons. The summed E-state index contributed by atoms with van der Waals surface area (Å²) in [6, 6.07) is 10.3. The first-order valence-corrected chi connectivity index (χ1v) is 13.7. The summed E-state index contributed by atoms with van der Waals surface area (Å²) < 4.78 is 23.0. The molecule has 11 nitrogen and oxygen atoms in total. The van der Waals surface area contributed by atoms with Gasteiger partial charge in [0.15, 0.2) is 16.7 Å². The fourth-order valence-corrected chi connectivity index (χ4v) is 5.22. The molecule has 3 heterocycles. The lowest BCUT2D eigenvalue weighted by atomic mass is 10.1. The molecule has 2 aliphatic heterocycles. The van der Waals surface area contributed by atoms with Crippen LogP contribution in [0.2, 0.25) is 0 Å². The molecule has 1 atom stereocenters. The van der Waals surface area contributed by atoms with Crippen molar-refractivity contribution in [1.29, 1.82) is 0 Å². The van der Waals surface area contributed by atoms with E-state index in [2.05, 4.69) is 10.6 Å². The van der Waals surface area contributed by atoms with E-state index in [-0.39, 0.29) is 42.6 Å². The minimum atomic E-state index is -0.289. The average Bonchev–Trinajstić information content (AvgIpc) is 3.64. The van der Waals surface area contributed by atoms with Crippen molar-refractivity contribution in [1.82, 2.24) is 20.2 Å². The summed E-state index contributed by atoms with van der Waals surface area (Å²) >= 11 is 1.17. The molecule has 12 heteroatoms. The molecule has 2 aromatic carbocycles. The van der Waals surface area contributed by atoms with Gasteiger partial charge in [-0.1, -0.05) is 17.8 Å². The van der Waals surface area contributed by atoms with Crippen LogP contribution in [0, 0.1) is 0 Å². The summed E-state index contributed by atoms with van der Waals surface area (Å²) in [5.74, 6) is 0.870. The number of fused-ring (bicyclic) bond motifs is 2. The van der Waals surface area contributed by atoms with E-state index >= 15 is 0 Å². The predicted octanol–water partition coefficient (Wildman–Crippen LogP) is 1.94. The number of aromatic nitrogens is 2. The zero-order chi connectivity index (χ0) is 27.2. The minimum Gasteiger partial charge on any atom is -0.454 e. The Morgan fingerprint density at radius 2 is 2.03 bits per heavy atom. The van der Waals surface area contributed by atoms with Gasteiger partial charge in [-0.15, -0.1) is 0 Å². The monoisotopic (exact) mass is 554 g/mol. The molecule has 1 aromatic heterocycles. The third-order valence-corrected chi connectivity index (χ3v) is 7.41. The lowest BCUT2D eigenvalue weighted by Crippen LogP contribution is -2.33. The zero-order valence-electron chi connectivity index (χ0n) is 21.6. The SMILES string of the molecule is COCCNC(=O)c1ccc2c(=O)n(Cc3ccc4c(c3)OCO4)c(SCC(=O)NCC3CCCO3)nc2c1. The molecule has 2 aliphatic rings. The van der Waals surface area contributed by atoms with Crippen molar-refractivity contribution >= 4 is 34.5 Å². The zero-order valence-corrected chi connectivity index (χ0v) is 22.4. The first-order valence-electron chi connectivity index (χ1n) is 12.7. The molecular weight excluding hydrogens is 524 g/mol. The van der Waals surface area contributed by atoms with Gasteiger partial charge in [0.2, 0.25) is 12.7 Å². The summed E-state index contributed by atoms with van der Waals surface area (Å²) in [7, 11) is 1.56. The molecule has 2 amide bonds. The van der Waals surface area contributed by atoms with Gasteiger partial charge >= 0.3 is 0 Å². The Labute approximate surface area is 229 Å². The standard InChI is InChI=1S/C27H30N4O7S/c1-35-10-8-28-25(33)18-5-6-20-21(12-18)30-27(39-15-24(32)29-13-19-3-2-9-36-19)31(26(20)34)14-17-4-7-22-23(11-17)38-16-37-22/h4-7,11-12,19H,2-3,8-10,13-16H2,1H3,(H,28,33)(H,29,32). The molecular formula is C27H30N4O7S. The van der Waals surface area contributed by atoms with E-state index in [9.17, 15) is 14.4 Å². The van der Waals surface area contributed by atoms with Gasteiger partial charge < -0.3 is 29.6 Å². The van der Waals surface area contributed by atoms with Crippen molar-refractivity contribution in [2.24, 2.45) is 0 Å². The van der Waals surface area contributed by atoms with E-state index in [1.165, 1.54) is 16.3 Å². The Morgan fingerprint density at radius 1 is 1.15 bits per heavy atom. The van der Waals surface area contributed by atoms with Crippen LogP contribution in [0.25, 0.3) is 10.9 Å². The molecule has 0 bridgehead atoms. The van der Waals surface area contributed by atoms with Crippen LogP contribution >= 0.6 is 11.8 Å². The second kappa shape index (κ2) is 12.5.